The van der Waals surface area contributed by atoms with Crippen LogP contribution in [0.15, 0.2) is 29.4 Å². The molecule has 88 valence electrons. The van der Waals surface area contributed by atoms with Gasteiger partial charge in [-0.3, -0.25) is 0 Å². The Balaban J connectivity index is 2.08. The van der Waals surface area contributed by atoms with Crippen LogP contribution in [0.25, 0.3) is 0 Å². The summed E-state index contributed by atoms with van der Waals surface area (Å²) < 4.78 is 24.0. The summed E-state index contributed by atoms with van der Waals surface area (Å²) in [6.45, 7) is 1.80. The summed E-state index contributed by atoms with van der Waals surface area (Å²) in [5.41, 5.74) is 0. The Bertz CT molecular complexity index is 425. The van der Waals surface area contributed by atoms with E-state index in [1.807, 2.05) is 0 Å². The number of hydrogen-bond acceptors (Lipinski definition) is 4. The molecular formula is C11H16N2O2S. The molecule has 1 saturated heterocycles. The van der Waals surface area contributed by atoms with Crippen LogP contribution in [0.2, 0.25) is 0 Å². The van der Waals surface area contributed by atoms with Gasteiger partial charge in [-0.15, -0.1) is 0 Å². The molecule has 2 heterocycles. The number of hydrogen-bond donors (Lipinski definition) is 1. The minimum Gasteiger partial charge on any atom is -0.316 e. The van der Waals surface area contributed by atoms with Crippen molar-refractivity contribution in [2.75, 3.05) is 18.8 Å². The Morgan fingerprint density at radius 3 is 2.94 bits per heavy atom. The van der Waals surface area contributed by atoms with Gasteiger partial charge in [-0.2, -0.15) is 0 Å². The van der Waals surface area contributed by atoms with Gasteiger partial charge in [0.2, 0.25) is 0 Å². The van der Waals surface area contributed by atoms with Crippen molar-refractivity contribution in [2.45, 2.75) is 17.9 Å². The lowest BCUT2D eigenvalue weighted by Crippen LogP contribution is -2.33. The maximum absolute atomic E-state index is 12.0. The maximum atomic E-state index is 12.0. The molecule has 0 unspecified atom stereocenters. The SMILES string of the molecule is O=S(=O)(C[C@@H]1CCCNC1)c1ccccn1. The molecule has 5 heteroatoms. The van der Waals surface area contributed by atoms with Gasteiger partial charge in [-0.1, -0.05) is 6.07 Å². The molecule has 1 aliphatic heterocycles. The summed E-state index contributed by atoms with van der Waals surface area (Å²) >= 11 is 0. The Labute approximate surface area is 96.0 Å². The molecule has 1 N–H and O–H groups in total. The predicted octanol–water partition coefficient (Wildman–Crippen LogP) is 0.855. The Hall–Kier alpha value is -0.940. The maximum Gasteiger partial charge on any atom is 0.195 e. The van der Waals surface area contributed by atoms with Gasteiger partial charge in [0.05, 0.1) is 5.75 Å². The highest BCUT2D eigenvalue weighted by atomic mass is 32.2. The molecule has 1 aliphatic rings. The van der Waals surface area contributed by atoms with Crippen molar-refractivity contribution in [1.82, 2.24) is 10.3 Å². The van der Waals surface area contributed by atoms with E-state index in [1.165, 1.54) is 6.20 Å². The monoisotopic (exact) mass is 240 g/mol. The van der Waals surface area contributed by atoms with Crippen molar-refractivity contribution < 1.29 is 8.42 Å². The van der Waals surface area contributed by atoms with Crippen LogP contribution in [0.1, 0.15) is 12.8 Å². The summed E-state index contributed by atoms with van der Waals surface area (Å²) in [6, 6.07) is 4.99. The molecular weight excluding hydrogens is 224 g/mol. The van der Waals surface area contributed by atoms with Crippen LogP contribution in [-0.4, -0.2) is 32.2 Å². The number of rotatable bonds is 3. The van der Waals surface area contributed by atoms with E-state index in [0.29, 0.717) is 0 Å². The third-order valence-corrected chi connectivity index (χ3v) is 4.60. The summed E-state index contributed by atoms with van der Waals surface area (Å²) in [4.78, 5) is 3.91. The van der Waals surface area contributed by atoms with Gasteiger partial charge in [-0.05, 0) is 44.0 Å². The highest BCUT2D eigenvalue weighted by Gasteiger charge is 2.23. The van der Waals surface area contributed by atoms with Gasteiger partial charge in [0.1, 0.15) is 0 Å². The summed E-state index contributed by atoms with van der Waals surface area (Å²) in [6.07, 6.45) is 3.56. The first-order valence-electron chi connectivity index (χ1n) is 5.53. The molecule has 0 bridgehead atoms. The van der Waals surface area contributed by atoms with Crippen molar-refractivity contribution in [1.29, 1.82) is 0 Å². The van der Waals surface area contributed by atoms with E-state index >= 15 is 0 Å². The molecule has 1 aromatic heterocycles. The first-order chi connectivity index (χ1) is 7.68. The topological polar surface area (TPSA) is 59.1 Å². The summed E-state index contributed by atoms with van der Waals surface area (Å²) in [5, 5.41) is 3.42. The first kappa shape index (κ1) is 11.5. The fraction of sp³-hybridized carbons (Fsp3) is 0.545. The average Bonchev–Trinajstić information content (AvgIpc) is 2.31. The van der Waals surface area contributed by atoms with E-state index in [2.05, 4.69) is 10.3 Å². The molecule has 1 atom stereocenters. The molecule has 0 saturated carbocycles. The second kappa shape index (κ2) is 4.93. The van der Waals surface area contributed by atoms with Gasteiger partial charge in [0, 0.05) is 6.20 Å². The number of nitrogens with one attached hydrogen (secondary N) is 1. The zero-order valence-electron chi connectivity index (χ0n) is 9.09. The fourth-order valence-corrected chi connectivity index (χ4v) is 3.58. The molecule has 0 aromatic carbocycles. The number of pyridine rings is 1. The number of piperidine rings is 1. The third-order valence-electron chi connectivity index (χ3n) is 2.81. The predicted molar refractivity (Wildman–Crippen MR) is 61.9 cm³/mol. The lowest BCUT2D eigenvalue weighted by Gasteiger charge is -2.22. The smallest absolute Gasteiger partial charge is 0.195 e. The van der Waals surface area contributed by atoms with E-state index in [1.54, 1.807) is 18.2 Å². The largest absolute Gasteiger partial charge is 0.316 e. The second-order valence-electron chi connectivity index (χ2n) is 4.16. The highest BCUT2D eigenvalue weighted by molar-refractivity contribution is 7.91. The summed E-state index contributed by atoms with van der Waals surface area (Å²) in [5.74, 6) is 0.428. The van der Waals surface area contributed by atoms with E-state index in [0.717, 1.165) is 25.9 Å². The van der Waals surface area contributed by atoms with Crippen molar-refractivity contribution in [2.24, 2.45) is 5.92 Å². The molecule has 4 nitrogen and oxygen atoms in total. The Morgan fingerprint density at radius 1 is 1.44 bits per heavy atom. The first-order valence-corrected chi connectivity index (χ1v) is 7.18. The van der Waals surface area contributed by atoms with Gasteiger partial charge in [-0.25, -0.2) is 13.4 Å². The fourth-order valence-electron chi connectivity index (χ4n) is 1.99. The zero-order valence-corrected chi connectivity index (χ0v) is 9.91. The van der Waals surface area contributed by atoms with Crippen LogP contribution in [0.5, 0.6) is 0 Å². The quantitative estimate of drug-likeness (QED) is 0.851. The normalized spacial score (nSPS) is 21.9. The van der Waals surface area contributed by atoms with E-state index in [9.17, 15) is 8.42 Å². The van der Waals surface area contributed by atoms with Crippen LogP contribution in [0.4, 0.5) is 0 Å². The number of nitrogens with zero attached hydrogens (tertiary/aromatic N) is 1. The van der Waals surface area contributed by atoms with Crippen molar-refractivity contribution >= 4 is 9.84 Å². The van der Waals surface area contributed by atoms with Crippen molar-refractivity contribution in [3.8, 4) is 0 Å². The minimum absolute atomic E-state index is 0.195. The van der Waals surface area contributed by atoms with Gasteiger partial charge >= 0.3 is 0 Å². The molecule has 0 amide bonds. The van der Waals surface area contributed by atoms with Gasteiger partial charge in [0.15, 0.2) is 14.9 Å². The van der Waals surface area contributed by atoms with Crippen LogP contribution in [-0.2, 0) is 9.84 Å². The standard InChI is InChI=1S/C11H16N2O2S/c14-16(15,11-5-1-2-7-13-11)9-10-4-3-6-12-8-10/h1-2,5,7,10,12H,3-4,6,8-9H2/t10-/m1/s1. The average molecular weight is 240 g/mol. The molecule has 2 rings (SSSR count). The van der Waals surface area contributed by atoms with Crippen molar-refractivity contribution in [3.63, 3.8) is 0 Å². The summed E-state index contributed by atoms with van der Waals surface area (Å²) in [7, 11) is -3.21. The second-order valence-corrected chi connectivity index (χ2v) is 6.14. The van der Waals surface area contributed by atoms with Crippen LogP contribution >= 0.6 is 0 Å². The van der Waals surface area contributed by atoms with E-state index < -0.39 is 9.84 Å². The number of aromatic nitrogens is 1. The zero-order chi connectivity index (χ0) is 11.4. The van der Waals surface area contributed by atoms with Gasteiger partial charge in [0.25, 0.3) is 0 Å². The van der Waals surface area contributed by atoms with E-state index in [4.69, 9.17) is 0 Å². The number of sulfone groups is 1. The lowest BCUT2D eigenvalue weighted by atomic mass is 10.0. The van der Waals surface area contributed by atoms with Gasteiger partial charge < -0.3 is 5.32 Å². The molecule has 16 heavy (non-hydrogen) atoms. The molecule has 0 radical (unpaired) electrons. The van der Waals surface area contributed by atoms with Crippen LogP contribution in [0, 0.1) is 5.92 Å². The molecule has 1 aromatic rings. The van der Waals surface area contributed by atoms with E-state index in [-0.39, 0.29) is 16.7 Å². The van der Waals surface area contributed by atoms with Crippen molar-refractivity contribution in [3.05, 3.63) is 24.4 Å². The Kier molecular flexibility index (Phi) is 3.56. The molecule has 0 aliphatic carbocycles. The third kappa shape index (κ3) is 2.80. The minimum atomic E-state index is -3.21. The highest BCUT2D eigenvalue weighted by Crippen LogP contribution is 2.16. The molecule has 0 spiro atoms. The molecule has 1 fully saturated rings. The lowest BCUT2D eigenvalue weighted by molar-refractivity contribution is 0.403. The van der Waals surface area contributed by atoms with Crippen LogP contribution in [0.3, 0.4) is 0 Å². The van der Waals surface area contributed by atoms with Crippen LogP contribution < -0.4 is 5.32 Å². The Morgan fingerprint density at radius 2 is 2.31 bits per heavy atom.